The highest BCUT2D eigenvalue weighted by Crippen LogP contribution is 2.23. The van der Waals surface area contributed by atoms with Crippen molar-refractivity contribution in [1.29, 1.82) is 0 Å². The van der Waals surface area contributed by atoms with Gasteiger partial charge in [-0.05, 0) is 36.4 Å². The maximum absolute atomic E-state index is 13.0. The molecule has 0 bridgehead atoms. The second-order valence-electron chi connectivity index (χ2n) is 4.49. The lowest BCUT2D eigenvalue weighted by Crippen LogP contribution is -2.01. The Hall–Kier alpha value is -2.95. The van der Waals surface area contributed by atoms with Crippen LogP contribution >= 0.6 is 0 Å². The Morgan fingerprint density at radius 3 is 2.33 bits per heavy atom. The van der Waals surface area contributed by atoms with Crippen LogP contribution in [0.4, 0.5) is 21.8 Å². The number of nitrogens with zero attached hydrogens (tertiary/aromatic N) is 2. The van der Waals surface area contributed by atoms with Crippen LogP contribution in [0.2, 0.25) is 0 Å². The molecule has 3 rings (SSSR count). The average Bonchev–Trinajstić information content (AvgIpc) is 2.48. The van der Waals surface area contributed by atoms with Gasteiger partial charge in [-0.15, -0.1) is 0 Å². The van der Waals surface area contributed by atoms with E-state index in [-0.39, 0.29) is 11.8 Å². The predicted octanol–water partition coefficient (Wildman–Crippen LogP) is 3.61. The minimum atomic E-state index is -0.289. The Morgan fingerprint density at radius 2 is 1.62 bits per heavy atom. The van der Waals surface area contributed by atoms with Crippen LogP contribution in [0, 0.1) is 5.82 Å². The van der Waals surface area contributed by atoms with Gasteiger partial charge in [0.25, 0.3) is 0 Å². The smallest absolute Gasteiger partial charge is 0.222 e. The van der Waals surface area contributed by atoms with Crippen LogP contribution < -0.4 is 11.1 Å². The maximum Gasteiger partial charge on any atom is 0.222 e. The summed E-state index contributed by atoms with van der Waals surface area (Å²) in [5.41, 5.74) is 8.07. The summed E-state index contributed by atoms with van der Waals surface area (Å²) in [6, 6.07) is 17.5. The van der Waals surface area contributed by atoms with Crippen molar-refractivity contribution in [2.75, 3.05) is 11.1 Å². The molecule has 4 nitrogen and oxygen atoms in total. The molecule has 2 aromatic carbocycles. The minimum absolute atomic E-state index is 0.162. The number of hydrogen-bond acceptors (Lipinski definition) is 4. The first-order valence-electron chi connectivity index (χ1n) is 6.43. The summed E-state index contributed by atoms with van der Waals surface area (Å²) in [7, 11) is 0. The second kappa shape index (κ2) is 5.58. The monoisotopic (exact) mass is 280 g/mol. The van der Waals surface area contributed by atoms with Crippen LogP contribution in [-0.4, -0.2) is 9.97 Å². The lowest BCUT2D eigenvalue weighted by atomic mass is 10.1. The van der Waals surface area contributed by atoms with E-state index in [0.29, 0.717) is 11.5 Å². The molecule has 0 atom stereocenters. The van der Waals surface area contributed by atoms with Gasteiger partial charge in [-0.25, -0.2) is 9.37 Å². The molecule has 3 aromatic rings. The molecule has 0 saturated heterocycles. The number of para-hydroxylation sites is 1. The van der Waals surface area contributed by atoms with E-state index in [4.69, 9.17) is 5.73 Å². The molecule has 0 saturated carbocycles. The first kappa shape index (κ1) is 13.1. The number of halogens is 1. The summed E-state index contributed by atoms with van der Waals surface area (Å²) < 4.78 is 13.0. The minimum Gasteiger partial charge on any atom is -0.368 e. The zero-order valence-corrected chi connectivity index (χ0v) is 11.1. The molecule has 104 valence electrons. The molecule has 1 aromatic heterocycles. The van der Waals surface area contributed by atoms with Crippen molar-refractivity contribution < 1.29 is 4.39 Å². The fourth-order valence-electron chi connectivity index (χ4n) is 1.97. The highest BCUT2D eigenvalue weighted by Gasteiger charge is 2.05. The number of aromatic nitrogens is 2. The van der Waals surface area contributed by atoms with Gasteiger partial charge in [0.2, 0.25) is 5.95 Å². The van der Waals surface area contributed by atoms with Gasteiger partial charge in [-0.3, -0.25) is 0 Å². The van der Waals surface area contributed by atoms with Crippen molar-refractivity contribution in [3.63, 3.8) is 0 Å². The van der Waals surface area contributed by atoms with Gasteiger partial charge >= 0.3 is 0 Å². The molecule has 0 spiro atoms. The molecule has 21 heavy (non-hydrogen) atoms. The molecular weight excluding hydrogens is 267 g/mol. The molecule has 0 aliphatic heterocycles. The lowest BCUT2D eigenvalue weighted by molar-refractivity contribution is 0.628. The standard InChI is InChI=1S/C16H13FN4/c17-12-8-6-11(7-9-12)14-10-15(21-16(18)20-14)19-13-4-2-1-3-5-13/h1-10H,(H3,18,19,20,21). The third-order valence-corrected chi connectivity index (χ3v) is 2.93. The van der Waals surface area contributed by atoms with Crippen molar-refractivity contribution in [3.05, 3.63) is 66.5 Å². The normalized spacial score (nSPS) is 10.3. The zero-order chi connectivity index (χ0) is 14.7. The Kier molecular flexibility index (Phi) is 3.47. The van der Waals surface area contributed by atoms with Crippen LogP contribution in [0.25, 0.3) is 11.3 Å². The van der Waals surface area contributed by atoms with Crippen LogP contribution in [-0.2, 0) is 0 Å². The van der Waals surface area contributed by atoms with Crippen molar-refractivity contribution in [1.82, 2.24) is 9.97 Å². The van der Waals surface area contributed by atoms with E-state index in [1.807, 2.05) is 30.3 Å². The molecule has 0 aliphatic carbocycles. The molecule has 5 heteroatoms. The SMILES string of the molecule is Nc1nc(Nc2ccccc2)cc(-c2ccc(F)cc2)n1. The third-order valence-electron chi connectivity index (χ3n) is 2.93. The van der Waals surface area contributed by atoms with Gasteiger partial charge < -0.3 is 11.1 Å². The number of nitrogen functional groups attached to an aromatic ring is 1. The third kappa shape index (κ3) is 3.14. The summed E-state index contributed by atoms with van der Waals surface area (Å²) in [5, 5.41) is 3.16. The number of rotatable bonds is 3. The highest BCUT2D eigenvalue weighted by atomic mass is 19.1. The number of anilines is 3. The van der Waals surface area contributed by atoms with E-state index < -0.39 is 0 Å². The van der Waals surface area contributed by atoms with Crippen molar-refractivity contribution in [2.45, 2.75) is 0 Å². The van der Waals surface area contributed by atoms with E-state index in [0.717, 1.165) is 11.3 Å². The van der Waals surface area contributed by atoms with E-state index in [2.05, 4.69) is 15.3 Å². The topological polar surface area (TPSA) is 63.8 Å². The largest absolute Gasteiger partial charge is 0.368 e. The summed E-state index contributed by atoms with van der Waals surface area (Å²) in [5.74, 6) is 0.465. The lowest BCUT2D eigenvalue weighted by Gasteiger charge is -2.08. The van der Waals surface area contributed by atoms with E-state index in [1.54, 1.807) is 18.2 Å². The predicted molar refractivity (Wildman–Crippen MR) is 81.6 cm³/mol. The molecule has 3 N–H and O–H groups in total. The van der Waals surface area contributed by atoms with E-state index >= 15 is 0 Å². The number of nitrogens with one attached hydrogen (secondary N) is 1. The van der Waals surface area contributed by atoms with Crippen molar-refractivity contribution in [2.24, 2.45) is 0 Å². The van der Waals surface area contributed by atoms with Gasteiger partial charge in [0, 0.05) is 17.3 Å². The number of nitrogens with two attached hydrogens (primary N) is 1. The zero-order valence-electron chi connectivity index (χ0n) is 11.1. The highest BCUT2D eigenvalue weighted by molar-refractivity contribution is 5.66. The van der Waals surface area contributed by atoms with Gasteiger partial charge in [-0.2, -0.15) is 4.98 Å². The second-order valence-corrected chi connectivity index (χ2v) is 4.49. The summed E-state index contributed by atoms with van der Waals surface area (Å²) in [4.78, 5) is 8.33. The fourth-order valence-corrected chi connectivity index (χ4v) is 1.97. The molecular formula is C16H13FN4. The molecule has 0 aliphatic rings. The maximum atomic E-state index is 13.0. The molecule has 1 heterocycles. The van der Waals surface area contributed by atoms with Gasteiger partial charge in [-0.1, -0.05) is 18.2 Å². The molecule has 0 fully saturated rings. The Balaban J connectivity index is 1.94. The van der Waals surface area contributed by atoms with Crippen molar-refractivity contribution in [3.8, 4) is 11.3 Å². The Morgan fingerprint density at radius 1 is 0.905 bits per heavy atom. The van der Waals surface area contributed by atoms with Crippen molar-refractivity contribution >= 4 is 17.5 Å². The van der Waals surface area contributed by atoms with Gasteiger partial charge in [0.05, 0.1) is 5.69 Å². The first-order valence-corrected chi connectivity index (χ1v) is 6.43. The Labute approximate surface area is 121 Å². The molecule has 0 amide bonds. The first-order chi connectivity index (χ1) is 10.2. The number of benzene rings is 2. The van der Waals surface area contributed by atoms with Gasteiger partial charge in [0.1, 0.15) is 11.6 Å². The van der Waals surface area contributed by atoms with Crippen LogP contribution in [0.1, 0.15) is 0 Å². The fraction of sp³-hybridized carbons (Fsp3) is 0. The van der Waals surface area contributed by atoms with Crippen LogP contribution in [0.3, 0.4) is 0 Å². The summed E-state index contributed by atoms with van der Waals surface area (Å²) >= 11 is 0. The van der Waals surface area contributed by atoms with E-state index in [9.17, 15) is 4.39 Å². The average molecular weight is 280 g/mol. The summed E-state index contributed by atoms with van der Waals surface area (Å²) in [6.45, 7) is 0. The summed E-state index contributed by atoms with van der Waals surface area (Å²) in [6.07, 6.45) is 0. The van der Waals surface area contributed by atoms with Gasteiger partial charge in [0.15, 0.2) is 0 Å². The quantitative estimate of drug-likeness (QED) is 0.769. The number of hydrogen-bond donors (Lipinski definition) is 2. The van der Waals surface area contributed by atoms with Crippen LogP contribution in [0.5, 0.6) is 0 Å². The molecule has 0 radical (unpaired) electrons. The molecule has 0 unspecified atom stereocenters. The van der Waals surface area contributed by atoms with E-state index in [1.165, 1.54) is 12.1 Å². The van der Waals surface area contributed by atoms with Crippen LogP contribution in [0.15, 0.2) is 60.7 Å². The Bertz CT molecular complexity index is 742.